The Morgan fingerprint density at radius 2 is 1.75 bits per heavy atom. The zero-order valence-corrected chi connectivity index (χ0v) is 16.5. The molecule has 0 aromatic heterocycles. The summed E-state index contributed by atoms with van der Waals surface area (Å²) in [5.74, 6) is -2.13. The van der Waals surface area contributed by atoms with E-state index in [9.17, 15) is 18.0 Å². The van der Waals surface area contributed by atoms with Gasteiger partial charge in [-0.3, -0.25) is 9.69 Å². The van der Waals surface area contributed by atoms with Crippen LogP contribution in [0.2, 0.25) is 0 Å². The third kappa shape index (κ3) is 5.47. The molecule has 0 bridgehead atoms. The number of benzene rings is 1. The van der Waals surface area contributed by atoms with Crippen molar-refractivity contribution in [2.75, 3.05) is 46.3 Å². The molecule has 2 saturated heterocycles. The SMILES string of the molecule is CN1CCN(C2CCCCN(C(=O)CC(c3ccccc3)C(F)(F)F)C2)CC1. The standard InChI is InChI=1S/C21H30F3N3O/c1-25-11-13-26(14-12-25)18-9-5-6-10-27(16-18)20(28)15-19(21(22,23)24)17-7-3-2-4-8-17/h2-4,7-8,18-19H,5-6,9-16H2,1H3. The lowest BCUT2D eigenvalue weighted by atomic mass is 9.94. The molecule has 0 N–H and O–H groups in total. The van der Waals surface area contributed by atoms with Crippen LogP contribution in [0, 0.1) is 0 Å². The molecule has 28 heavy (non-hydrogen) atoms. The van der Waals surface area contributed by atoms with Crippen molar-refractivity contribution < 1.29 is 18.0 Å². The quantitative estimate of drug-likeness (QED) is 0.780. The summed E-state index contributed by atoms with van der Waals surface area (Å²) in [5, 5.41) is 0. The van der Waals surface area contributed by atoms with Gasteiger partial charge in [0, 0.05) is 51.7 Å². The number of rotatable bonds is 4. The van der Waals surface area contributed by atoms with Gasteiger partial charge in [-0.1, -0.05) is 36.8 Å². The highest BCUT2D eigenvalue weighted by Crippen LogP contribution is 2.38. The van der Waals surface area contributed by atoms with Crippen LogP contribution >= 0.6 is 0 Å². The molecule has 2 aliphatic heterocycles. The number of likely N-dealkylation sites (N-methyl/N-ethyl adjacent to an activating group) is 1. The van der Waals surface area contributed by atoms with E-state index in [1.54, 1.807) is 23.1 Å². The zero-order chi connectivity index (χ0) is 20.1. The number of carbonyl (C=O) groups is 1. The van der Waals surface area contributed by atoms with E-state index in [2.05, 4.69) is 16.8 Å². The Labute approximate surface area is 165 Å². The molecule has 3 rings (SSSR count). The van der Waals surface area contributed by atoms with Gasteiger partial charge < -0.3 is 9.80 Å². The molecule has 2 heterocycles. The Bertz CT molecular complexity index is 630. The first-order chi connectivity index (χ1) is 13.3. The molecular weight excluding hydrogens is 367 g/mol. The van der Waals surface area contributed by atoms with Crippen molar-refractivity contribution in [1.29, 1.82) is 0 Å². The summed E-state index contributed by atoms with van der Waals surface area (Å²) >= 11 is 0. The number of halogens is 3. The summed E-state index contributed by atoms with van der Waals surface area (Å²) in [6, 6.07) is 8.04. The molecule has 4 nitrogen and oxygen atoms in total. The Morgan fingerprint density at radius 1 is 1.07 bits per heavy atom. The Kier molecular flexibility index (Phi) is 6.99. The van der Waals surface area contributed by atoms with Crippen LogP contribution in [0.4, 0.5) is 13.2 Å². The van der Waals surface area contributed by atoms with Gasteiger partial charge in [0.2, 0.25) is 5.91 Å². The molecule has 1 aromatic rings. The minimum Gasteiger partial charge on any atom is -0.341 e. The molecule has 0 aliphatic carbocycles. The van der Waals surface area contributed by atoms with E-state index in [4.69, 9.17) is 0 Å². The highest BCUT2D eigenvalue weighted by molar-refractivity contribution is 5.77. The average molecular weight is 397 g/mol. The molecule has 0 saturated carbocycles. The summed E-state index contributed by atoms with van der Waals surface area (Å²) in [4.78, 5) is 19.2. The molecule has 1 aromatic carbocycles. The van der Waals surface area contributed by atoms with Gasteiger partial charge in [0.25, 0.3) is 0 Å². The largest absolute Gasteiger partial charge is 0.396 e. The first kappa shape index (κ1) is 21.1. The van der Waals surface area contributed by atoms with Crippen molar-refractivity contribution in [2.45, 2.75) is 43.8 Å². The maximum atomic E-state index is 13.6. The number of likely N-dealkylation sites (tertiary alicyclic amines) is 1. The number of carbonyl (C=O) groups excluding carboxylic acids is 1. The second kappa shape index (κ2) is 9.27. The highest BCUT2D eigenvalue weighted by Gasteiger charge is 2.42. The summed E-state index contributed by atoms with van der Waals surface area (Å²) in [5.41, 5.74) is 0.161. The molecule has 1 amide bonds. The molecular formula is C21H30F3N3O. The van der Waals surface area contributed by atoms with Crippen LogP contribution in [0.25, 0.3) is 0 Å². The van der Waals surface area contributed by atoms with Gasteiger partial charge in [0.1, 0.15) is 0 Å². The van der Waals surface area contributed by atoms with Gasteiger partial charge >= 0.3 is 6.18 Å². The Hall–Kier alpha value is -1.60. The summed E-state index contributed by atoms with van der Waals surface area (Å²) in [6.07, 6.45) is -2.06. The summed E-state index contributed by atoms with van der Waals surface area (Å²) < 4.78 is 40.9. The van der Waals surface area contributed by atoms with Crippen LogP contribution in [0.3, 0.4) is 0 Å². The fourth-order valence-electron chi connectivity index (χ4n) is 4.24. The highest BCUT2D eigenvalue weighted by atomic mass is 19.4. The predicted octanol–water partition coefficient (Wildman–Crippen LogP) is 3.35. The van der Waals surface area contributed by atoms with Crippen molar-refractivity contribution in [1.82, 2.24) is 14.7 Å². The number of nitrogens with zero attached hydrogens (tertiary/aromatic N) is 3. The third-order valence-corrected chi connectivity index (χ3v) is 6.03. The Morgan fingerprint density at radius 3 is 2.39 bits per heavy atom. The van der Waals surface area contributed by atoms with Crippen LogP contribution in [-0.4, -0.2) is 79.1 Å². The van der Waals surface area contributed by atoms with Crippen LogP contribution in [-0.2, 0) is 4.79 Å². The number of alkyl halides is 3. The van der Waals surface area contributed by atoms with Gasteiger partial charge in [-0.05, 0) is 25.5 Å². The van der Waals surface area contributed by atoms with Crippen LogP contribution in [0.15, 0.2) is 30.3 Å². The van der Waals surface area contributed by atoms with Crippen molar-refractivity contribution in [3.05, 3.63) is 35.9 Å². The average Bonchev–Trinajstić information content (AvgIpc) is 2.93. The number of hydrogen-bond donors (Lipinski definition) is 0. The summed E-state index contributed by atoms with van der Waals surface area (Å²) in [7, 11) is 2.10. The fourth-order valence-corrected chi connectivity index (χ4v) is 4.24. The molecule has 2 aliphatic rings. The van der Waals surface area contributed by atoms with Crippen LogP contribution in [0.1, 0.15) is 37.2 Å². The molecule has 0 spiro atoms. The van der Waals surface area contributed by atoms with Crippen molar-refractivity contribution in [3.8, 4) is 0 Å². The molecule has 7 heteroatoms. The van der Waals surface area contributed by atoms with Crippen molar-refractivity contribution >= 4 is 5.91 Å². The zero-order valence-electron chi connectivity index (χ0n) is 16.5. The third-order valence-electron chi connectivity index (χ3n) is 6.03. The van der Waals surface area contributed by atoms with Gasteiger partial charge in [0.15, 0.2) is 0 Å². The topological polar surface area (TPSA) is 26.8 Å². The monoisotopic (exact) mass is 397 g/mol. The van der Waals surface area contributed by atoms with Crippen molar-refractivity contribution in [3.63, 3.8) is 0 Å². The second-order valence-electron chi connectivity index (χ2n) is 8.04. The van der Waals surface area contributed by atoms with Crippen LogP contribution < -0.4 is 0 Å². The molecule has 2 unspecified atom stereocenters. The first-order valence-electron chi connectivity index (χ1n) is 10.2. The lowest BCUT2D eigenvalue weighted by molar-refractivity contribution is -0.160. The second-order valence-corrected chi connectivity index (χ2v) is 8.04. The Balaban J connectivity index is 1.67. The van der Waals surface area contributed by atoms with E-state index in [1.807, 2.05) is 0 Å². The van der Waals surface area contributed by atoms with E-state index in [0.29, 0.717) is 13.1 Å². The minimum absolute atomic E-state index is 0.161. The van der Waals surface area contributed by atoms with Gasteiger partial charge in [0.05, 0.1) is 5.92 Å². The van der Waals surface area contributed by atoms with Gasteiger partial charge in [-0.2, -0.15) is 13.2 Å². The van der Waals surface area contributed by atoms with E-state index < -0.39 is 18.5 Å². The number of piperazine rings is 1. The van der Waals surface area contributed by atoms with E-state index >= 15 is 0 Å². The molecule has 156 valence electrons. The predicted molar refractivity (Wildman–Crippen MR) is 103 cm³/mol. The minimum atomic E-state index is -4.43. The fraction of sp³-hybridized carbons (Fsp3) is 0.667. The summed E-state index contributed by atoms with van der Waals surface area (Å²) in [6.45, 7) is 5.00. The first-order valence-corrected chi connectivity index (χ1v) is 10.2. The maximum Gasteiger partial charge on any atom is 0.396 e. The lowest BCUT2D eigenvalue weighted by Crippen LogP contribution is -2.52. The van der Waals surface area contributed by atoms with Crippen LogP contribution in [0.5, 0.6) is 0 Å². The van der Waals surface area contributed by atoms with Crippen molar-refractivity contribution in [2.24, 2.45) is 0 Å². The van der Waals surface area contributed by atoms with E-state index in [-0.39, 0.29) is 17.5 Å². The molecule has 2 atom stereocenters. The van der Waals surface area contributed by atoms with Gasteiger partial charge in [-0.25, -0.2) is 0 Å². The maximum absolute atomic E-state index is 13.6. The van der Waals surface area contributed by atoms with Gasteiger partial charge in [-0.15, -0.1) is 0 Å². The number of hydrogen-bond acceptors (Lipinski definition) is 3. The van der Waals surface area contributed by atoms with E-state index in [1.165, 1.54) is 12.1 Å². The van der Waals surface area contributed by atoms with E-state index in [0.717, 1.165) is 45.4 Å². The normalized spacial score (nSPS) is 24.0. The smallest absolute Gasteiger partial charge is 0.341 e. The molecule has 2 fully saturated rings. The molecule has 0 radical (unpaired) electrons. The lowest BCUT2D eigenvalue weighted by Gasteiger charge is -2.39. The number of amides is 1.